The van der Waals surface area contributed by atoms with Crippen LogP contribution in [0.4, 0.5) is 0 Å². The molecule has 0 atom stereocenters. The minimum atomic E-state index is -0.484. The maximum atomic E-state index is 6.15. The van der Waals surface area contributed by atoms with Crippen LogP contribution in [0.5, 0.6) is 5.75 Å². The average Bonchev–Trinajstić information content (AvgIpc) is 3.16. The smallest absolute Gasteiger partial charge is 0.489 e. The van der Waals surface area contributed by atoms with E-state index in [-0.39, 0.29) is 16.6 Å². The first-order chi connectivity index (χ1) is 10.5. The Labute approximate surface area is 140 Å². The first-order valence-electron chi connectivity index (χ1n) is 8.52. The van der Waals surface area contributed by atoms with Crippen molar-refractivity contribution in [3.63, 3.8) is 0 Å². The second kappa shape index (κ2) is 5.22. The third-order valence-corrected chi connectivity index (χ3v) is 5.04. The second-order valence-corrected chi connectivity index (χ2v) is 8.76. The van der Waals surface area contributed by atoms with E-state index in [0.29, 0.717) is 6.10 Å². The SMILES string of the molecule is CC(C)(C)c1cnc(B2OC(C)(C)C(C)(C)O2)c(OC2CC2)c1. The van der Waals surface area contributed by atoms with Crippen molar-refractivity contribution >= 4 is 12.7 Å². The molecule has 23 heavy (non-hydrogen) atoms. The summed E-state index contributed by atoms with van der Waals surface area (Å²) in [6.45, 7) is 14.8. The van der Waals surface area contributed by atoms with Gasteiger partial charge in [0.05, 0.1) is 17.3 Å². The van der Waals surface area contributed by atoms with Crippen molar-refractivity contribution in [1.29, 1.82) is 0 Å². The Balaban J connectivity index is 1.95. The fourth-order valence-electron chi connectivity index (χ4n) is 2.46. The van der Waals surface area contributed by atoms with E-state index in [2.05, 4.69) is 59.5 Å². The Hall–Kier alpha value is -1.07. The molecule has 2 heterocycles. The summed E-state index contributed by atoms with van der Waals surface area (Å²) in [6.07, 6.45) is 4.46. The number of ether oxygens (including phenoxy) is 1. The molecular weight excluding hydrogens is 289 g/mol. The van der Waals surface area contributed by atoms with Gasteiger partial charge in [-0.1, -0.05) is 20.8 Å². The van der Waals surface area contributed by atoms with Gasteiger partial charge in [0.25, 0.3) is 0 Å². The molecule has 3 rings (SSSR count). The summed E-state index contributed by atoms with van der Waals surface area (Å²) < 4.78 is 18.4. The Bertz CT molecular complexity index is 587. The molecule has 0 N–H and O–H groups in total. The van der Waals surface area contributed by atoms with Gasteiger partial charge in [0, 0.05) is 6.20 Å². The third-order valence-electron chi connectivity index (χ3n) is 5.04. The number of nitrogens with zero attached hydrogens (tertiary/aromatic N) is 1. The molecule has 1 saturated carbocycles. The van der Waals surface area contributed by atoms with Crippen LogP contribution >= 0.6 is 0 Å². The van der Waals surface area contributed by atoms with Gasteiger partial charge in [0.1, 0.15) is 11.3 Å². The molecule has 0 aromatic carbocycles. The van der Waals surface area contributed by atoms with E-state index in [4.69, 9.17) is 14.0 Å². The zero-order valence-electron chi connectivity index (χ0n) is 15.4. The Morgan fingerprint density at radius 3 is 2.17 bits per heavy atom. The molecule has 1 aliphatic heterocycles. The molecule has 4 nitrogen and oxygen atoms in total. The minimum absolute atomic E-state index is 0.0309. The molecule has 2 fully saturated rings. The molecule has 1 aliphatic carbocycles. The van der Waals surface area contributed by atoms with Gasteiger partial charge in [0.2, 0.25) is 0 Å². The Kier molecular flexibility index (Phi) is 3.81. The lowest BCUT2D eigenvalue weighted by atomic mass is 9.81. The molecule has 1 aromatic rings. The van der Waals surface area contributed by atoms with Crippen LogP contribution in [-0.4, -0.2) is 29.4 Å². The van der Waals surface area contributed by atoms with Gasteiger partial charge in [0.15, 0.2) is 0 Å². The molecular formula is C18H28BNO3. The van der Waals surface area contributed by atoms with Crippen LogP contribution < -0.4 is 10.3 Å². The van der Waals surface area contributed by atoms with E-state index in [1.807, 2.05) is 6.20 Å². The number of aromatic nitrogens is 1. The summed E-state index contributed by atoms with van der Waals surface area (Å²) >= 11 is 0. The highest BCUT2D eigenvalue weighted by atomic mass is 16.7. The van der Waals surface area contributed by atoms with Crippen LogP contribution in [0.2, 0.25) is 0 Å². The van der Waals surface area contributed by atoms with Crippen molar-refractivity contribution in [1.82, 2.24) is 4.98 Å². The highest BCUT2D eigenvalue weighted by molar-refractivity contribution is 6.62. The summed E-state index contributed by atoms with van der Waals surface area (Å²) in [7, 11) is -0.484. The summed E-state index contributed by atoms with van der Waals surface area (Å²) in [4.78, 5) is 4.66. The van der Waals surface area contributed by atoms with Gasteiger partial charge in [-0.25, -0.2) is 0 Å². The first-order valence-corrected chi connectivity index (χ1v) is 8.52. The lowest BCUT2D eigenvalue weighted by Crippen LogP contribution is -2.41. The topological polar surface area (TPSA) is 40.6 Å². The Morgan fingerprint density at radius 1 is 1.13 bits per heavy atom. The van der Waals surface area contributed by atoms with Crippen molar-refractivity contribution in [2.75, 3.05) is 0 Å². The van der Waals surface area contributed by atoms with E-state index in [1.165, 1.54) is 0 Å². The van der Waals surface area contributed by atoms with Crippen LogP contribution in [0.1, 0.15) is 66.9 Å². The normalized spacial score (nSPS) is 23.2. The molecule has 1 saturated heterocycles. The maximum absolute atomic E-state index is 6.15. The summed E-state index contributed by atoms with van der Waals surface area (Å²) in [5.41, 5.74) is 1.19. The predicted molar refractivity (Wildman–Crippen MR) is 92.3 cm³/mol. The number of rotatable bonds is 3. The summed E-state index contributed by atoms with van der Waals surface area (Å²) in [5, 5.41) is 0. The summed E-state index contributed by atoms with van der Waals surface area (Å²) in [5.74, 6) is 0.804. The zero-order valence-corrected chi connectivity index (χ0v) is 15.4. The predicted octanol–water partition coefficient (Wildman–Crippen LogP) is 3.22. The van der Waals surface area contributed by atoms with Crippen LogP contribution in [0.25, 0.3) is 0 Å². The van der Waals surface area contributed by atoms with Crippen molar-refractivity contribution < 1.29 is 14.0 Å². The van der Waals surface area contributed by atoms with Crippen LogP contribution in [0.15, 0.2) is 12.3 Å². The quantitative estimate of drug-likeness (QED) is 0.803. The fraction of sp³-hybridized carbons (Fsp3) is 0.722. The van der Waals surface area contributed by atoms with Crippen molar-refractivity contribution in [3.8, 4) is 5.75 Å². The molecule has 1 aromatic heterocycles. The van der Waals surface area contributed by atoms with Gasteiger partial charge in [-0.3, -0.25) is 4.98 Å². The van der Waals surface area contributed by atoms with Crippen LogP contribution in [0.3, 0.4) is 0 Å². The molecule has 0 spiro atoms. The molecule has 2 aliphatic rings. The number of hydrogen-bond donors (Lipinski definition) is 0. The van der Waals surface area contributed by atoms with Crippen LogP contribution in [-0.2, 0) is 14.7 Å². The molecule has 0 radical (unpaired) electrons. The molecule has 0 bridgehead atoms. The average molecular weight is 317 g/mol. The monoisotopic (exact) mass is 317 g/mol. The number of pyridine rings is 1. The molecule has 0 unspecified atom stereocenters. The number of hydrogen-bond acceptors (Lipinski definition) is 4. The van der Waals surface area contributed by atoms with E-state index < -0.39 is 7.12 Å². The highest BCUT2D eigenvalue weighted by Gasteiger charge is 2.53. The van der Waals surface area contributed by atoms with Gasteiger partial charge >= 0.3 is 7.12 Å². The third kappa shape index (κ3) is 3.27. The van der Waals surface area contributed by atoms with Crippen molar-refractivity contribution in [2.45, 2.75) is 84.0 Å². The Morgan fingerprint density at radius 2 is 1.70 bits per heavy atom. The van der Waals surface area contributed by atoms with Crippen molar-refractivity contribution in [2.24, 2.45) is 0 Å². The van der Waals surface area contributed by atoms with Gasteiger partial charge in [-0.05, 0) is 57.6 Å². The largest absolute Gasteiger partial charge is 0.518 e. The fourth-order valence-corrected chi connectivity index (χ4v) is 2.46. The lowest BCUT2D eigenvalue weighted by Gasteiger charge is -2.32. The van der Waals surface area contributed by atoms with Gasteiger partial charge < -0.3 is 14.0 Å². The molecule has 5 heteroatoms. The highest BCUT2D eigenvalue weighted by Crippen LogP contribution is 2.38. The van der Waals surface area contributed by atoms with Crippen LogP contribution in [0, 0.1) is 0 Å². The minimum Gasteiger partial charge on any atom is -0.489 e. The zero-order chi connectivity index (χ0) is 17.0. The van der Waals surface area contributed by atoms with E-state index in [1.54, 1.807) is 0 Å². The van der Waals surface area contributed by atoms with Gasteiger partial charge in [-0.2, -0.15) is 0 Å². The summed E-state index contributed by atoms with van der Waals surface area (Å²) in [6, 6.07) is 2.10. The molecule has 126 valence electrons. The molecule has 0 amide bonds. The maximum Gasteiger partial charge on any atom is 0.518 e. The first kappa shape index (κ1) is 16.8. The van der Waals surface area contributed by atoms with E-state index >= 15 is 0 Å². The van der Waals surface area contributed by atoms with E-state index in [9.17, 15) is 0 Å². The standard InChI is InChI=1S/C18H28BNO3/c1-16(2,3)12-10-14(21-13-8-9-13)15(20-11-12)19-22-17(4,5)18(6,7)23-19/h10-11,13H,8-9H2,1-7H3. The van der Waals surface area contributed by atoms with Gasteiger partial charge in [-0.15, -0.1) is 0 Å². The van der Waals surface area contributed by atoms with E-state index in [0.717, 1.165) is 29.7 Å². The lowest BCUT2D eigenvalue weighted by molar-refractivity contribution is 0.00578. The second-order valence-electron chi connectivity index (χ2n) is 8.76. The van der Waals surface area contributed by atoms with Crippen molar-refractivity contribution in [3.05, 3.63) is 17.8 Å².